The first-order valence-electron chi connectivity index (χ1n) is 6.20. The first-order chi connectivity index (χ1) is 10.8. The molecule has 0 bridgehead atoms. The Morgan fingerprint density at radius 2 is 2.00 bits per heavy atom. The fourth-order valence-electron chi connectivity index (χ4n) is 1.56. The molecule has 1 aromatic carbocycles. The molecule has 0 aliphatic rings. The van der Waals surface area contributed by atoms with E-state index in [0.717, 1.165) is 12.1 Å². The van der Waals surface area contributed by atoms with E-state index >= 15 is 0 Å². The number of nitrogens with one attached hydrogen (secondary N) is 1. The zero-order valence-electron chi connectivity index (χ0n) is 11.4. The summed E-state index contributed by atoms with van der Waals surface area (Å²) in [5.41, 5.74) is 0.151. The number of carbonyl (C=O) groups excluding carboxylic acids is 2. The third-order valence-electron chi connectivity index (χ3n) is 2.41. The minimum atomic E-state index is -4.80. The van der Waals surface area contributed by atoms with Crippen LogP contribution in [0.5, 0.6) is 5.75 Å². The quantitative estimate of drug-likeness (QED) is 0.768. The third-order valence-corrected chi connectivity index (χ3v) is 4.23. The van der Waals surface area contributed by atoms with Crippen molar-refractivity contribution in [3.63, 3.8) is 0 Å². The van der Waals surface area contributed by atoms with Gasteiger partial charge in [-0.2, -0.15) is 0 Å². The van der Waals surface area contributed by atoms with E-state index in [1.54, 1.807) is 6.07 Å². The SMILES string of the molecule is O=C(C[Se]C(=O)c1ccco1)Nc1cccc(OC(F)(F)F)c1. The Balaban J connectivity index is 1.88. The van der Waals surface area contributed by atoms with Gasteiger partial charge in [0.2, 0.25) is 0 Å². The van der Waals surface area contributed by atoms with Crippen LogP contribution in [0, 0.1) is 0 Å². The fourth-order valence-corrected chi connectivity index (χ4v) is 2.81. The van der Waals surface area contributed by atoms with E-state index in [9.17, 15) is 22.8 Å². The van der Waals surface area contributed by atoms with Gasteiger partial charge in [0.15, 0.2) is 0 Å². The summed E-state index contributed by atoms with van der Waals surface area (Å²) in [6, 6.07) is 7.97. The van der Waals surface area contributed by atoms with Crippen LogP contribution in [0.4, 0.5) is 18.9 Å². The molecule has 2 rings (SSSR count). The van der Waals surface area contributed by atoms with E-state index in [0.29, 0.717) is 0 Å². The van der Waals surface area contributed by atoms with Crippen molar-refractivity contribution >= 4 is 31.2 Å². The summed E-state index contributed by atoms with van der Waals surface area (Å²) >= 11 is -0.665. The van der Waals surface area contributed by atoms with E-state index in [-0.39, 0.29) is 21.4 Å². The Bertz CT molecular complexity index is 686. The predicted molar refractivity (Wildman–Crippen MR) is 75.4 cm³/mol. The molecule has 1 N–H and O–H groups in total. The molecule has 0 saturated carbocycles. The van der Waals surface area contributed by atoms with Crippen molar-refractivity contribution in [3.05, 3.63) is 48.4 Å². The average Bonchev–Trinajstić information content (AvgIpc) is 2.97. The maximum atomic E-state index is 12.1. The van der Waals surface area contributed by atoms with Crippen LogP contribution in [-0.2, 0) is 4.79 Å². The van der Waals surface area contributed by atoms with E-state index in [2.05, 4.69) is 10.1 Å². The van der Waals surface area contributed by atoms with Crippen LogP contribution < -0.4 is 10.1 Å². The average molecular weight is 392 g/mol. The number of hydrogen-bond acceptors (Lipinski definition) is 4. The van der Waals surface area contributed by atoms with Crippen LogP contribution >= 0.6 is 0 Å². The number of anilines is 1. The van der Waals surface area contributed by atoms with Crippen LogP contribution in [0.15, 0.2) is 47.1 Å². The summed E-state index contributed by atoms with van der Waals surface area (Å²) in [5.74, 6) is -0.736. The van der Waals surface area contributed by atoms with Crippen molar-refractivity contribution in [2.24, 2.45) is 0 Å². The Morgan fingerprint density at radius 3 is 2.65 bits per heavy atom. The van der Waals surface area contributed by atoms with Gasteiger partial charge in [-0.1, -0.05) is 0 Å². The number of furan rings is 1. The zero-order valence-corrected chi connectivity index (χ0v) is 13.1. The molecule has 122 valence electrons. The molecule has 5 nitrogen and oxygen atoms in total. The zero-order chi connectivity index (χ0) is 16.9. The summed E-state index contributed by atoms with van der Waals surface area (Å²) in [7, 11) is 0. The van der Waals surface area contributed by atoms with E-state index < -0.39 is 33.0 Å². The molecule has 9 heteroatoms. The molecule has 0 atom stereocenters. The summed E-state index contributed by atoms with van der Waals surface area (Å²) < 4.78 is 44.8. The number of halogens is 3. The Kier molecular flexibility index (Phi) is 5.46. The molecule has 1 amide bonds. The second-order valence-electron chi connectivity index (χ2n) is 4.18. The van der Waals surface area contributed by atoms with Crippen molar-refractivity contribution in [3.8, 4) is 5.75 Å². The summed E-state index contributed by atoms with van der Waals surface area (Å²) in [6.45, 7) is 0. The standard InChI is InChI=1S/C14H10F3NO4Se/c15-14(16,17)22-10-4-1-3-9(7-10)18-12(19)8-23-13(20)11-5-2-6-21-11/h1-7H,8H2,(H,18,19). The molecule has 0 aliphatic carbocycles. The van der Waals surface area contributed by atoms with Crippen LogP contribution in [0.3, 0.4) is 0 Å². The van der Waals surface area contributed by atoms with Crippen LogP contribution in [0.1, 0.15) is 10.6 Å². The number of rotatable bonds is 6. The number of alkyl halides is 3. The number of hydrogen-bond donors (Lipinski definition) is 1. The Labute approximate surface area is 135 Å². The molecule has 0 aliphatic heterocycles. The van der Waals surface area contributed by atoms with Gasteiger partial charge in [0.1, 0.15) is 0 Å². The Hall–Kier alpha value is -2.25. The van der Waals surface area contributed by atoms with E-state index in [4.69, 9.17) is 4.42 Å². The number of ether oxygens (including phenoxy) is 1. The molecule has 1 heterocycles. The molecule has 0 spiro atoms. The van der Waals surface area contributed by atoms with Gasteiger partial charge in [0.25, 0.3) is 0 Å². The maximum absolute atomic E-state index is 12.1. The summed E-state index contributed by atoms with van der Waals surface area (Å²) in [5, 5.41) is 2.36. The van der Waals surface area contributed by atoms with Gasteiger partial charge >= 0.3 is 134 Å². The van der Waals surface area contributed by atoms with E-state index in [1.165, 1.54) is 24.5 Å². The van der Waals surface area contributed by atoms with Gasteiger partial charge in [0, 0.05) is 0 Å². The van der Waals surface area contributed by atoms with E-state index in [1.807, 2.05) is 0 Å². The fraction of sp³-hybridized carbons (Fsp3) is 0.143. The number of benzene rings is 1. The monoisotopic (exact) mass is 393 g/mol. The van der Waals surface area contributed by atoms with Crippen LogP contribution in [0.25, 0.3) is 0 Å². The van der Waals surface area contributed by atoms with Crippen molar-refractivity contribution < 1.29 is 31.9 Å². The van der Waals surface area contributed by atoms with Gasteiger partial charge in [-0.15, -0.1) is 0 Å². The van der Waals surface area contributed by atoms with Gasteiger partial charge in [-0.3, -0.25) is 0 Å². The molecule has 1 aromatic heterocycles. The van der Waals surface area contributed by atoms with Crippen molar-refractivity contribution in [1.82, 2.24) is 0 Å². The first kappa shape index (κ1) is 17.1. The topological polar surface area (TPSA) is 68.5 Å². The molecular formula is C14H10F3NO4Se. The molecule has 2 aromatic rings. The van der Waals surface area contributed by atoms with Crippen molar-refractivity contribution in [2.75, 3.05) is 5.32 Å². The summed E-state index contributed by atoms with van der Waals surface area (Å²) in [4.78, 5) is 23.4. The molecule has 23 heavy (non-hydrogen) atoms. The Morgan fingerprint density at radius 1 is 1.22 bits per heavy atom. The molecule has 0 radical (unpaired) electrons. The summed E-state index contributed by atoms with van der Waals surface area (Å²) in [6.07, 6.45) is -3.45. The van der Waals surface area contributed by atoms with Gasteiger partial charge in [0.05, 0.1) is 0 Å². The molecule has 0 fully saturated rings. The normalized spacial score (nSPS) is 11.1. The molecule has 0 unspecified atom stereocenters. The molecular weight excluding hydrogens is 382 g/mol. The van der Waals surface area contributed by atoms with Crippen LogP contribution in [-0.4, -0.2) is 31.9 Å². The van der Waals surface area contributed by atoms with Crippen molar-refractivity contribution in [1.29, 1.82) is 0 Å². The van der Waals surface area contributed by atoms with Gasteiger partial charge < -0.3 is 0 Å². The number of amides is 1. The number of carbonyl (C=O) groups is 2. The second-order valence-corrected chi connectivity index (χ2v) is 6.17. The van der Waals surface area contributed by atoms with Gasteiger partial charge in [-0.05, 0) is 0 Å². The predicted octanol–water partition coefficient (Wildman–Crippen LogP) is 3.08. The van der Waals surface area contributed by atoms with Crippen molar-refractivity contribution in [2.45, 2.75) is 11.7 Å². The van der Waals surface area contributed by atoms with Crippen LogP contribution in [0.2, 0.25) is 5.32 Å². The van der Waals surface area contributed by atoms with Gasteiger partial charge in [-0.25, -0.2) is 0 Å². The second kappa shape index (κ2) is 7.34. The minimum absolute atomic E-state index is 0.0586. The molecule has 0 saturated heterocycles. The first-order valence-corrected chi connectivity index (χ1v) is 8.26. The third kappa shape index (κ3) is 5.80.